The number of halogens is 1. The molecule has 8 heteroatoms. The van der Waals surface area contributed by atoms with E-state index in [1.165, 1.54) is 0 Å². The van der Waals surface area contributed by atoms with E-state index < -0.39 is 0 Å². The van der Waals surface area contributed by atoms with E-state index in [1.807, 2.05) is 54.6 Å². The minimum atomic E-state index is -0.151. The van der Waals surface area contributed by atoms with Crippen molar-refractivity contribution in [1.29, 1.82) is 0 Å². The fraction of sp³-hybridized carbons (Fsp3) is 0.409. The summed E-state index contributed by atoms with van der Waals surface area (Å²) in [5.41, 5.74) is 3.16. The molecule has 0 saturated carbocycles. The molecule has 158 valence electrons. The number of amides is 2. The fourth-order valence-electron chi connectivity index (χ4n) is 4.11. The third-order valence-corrected chi connectivity index (χ3v) is 6.22. The Kier molecular flexibility index (Phi) is 5.56. The summed E-state index contributed by atoms with van der Waals surface area (Å²) in [5.74, 6) is 0.674. The normalized spacial score (nSPS) is 17.4. The lowest BCUT2D eigenvalue weighted by Crippen LogP contribution is -2.36. The van der Waals surface area contributed by atoms with Crippen molar-refractivity contribution in [2.45, 2.75) is 45.7 Å². The molecule has 1 aliphatic heterocycles. The molecule has 1 saturated heterocycles. The molecule has 3 aromatic rings. The van der Waals surface area contributed by atoms with Crippen LogP contribution in [0.4, 0.5) is 0 Å². The molecule has 1 aromatic carbocycles. The highest BCUT2D eigenvalue weighted by Crippen LogP contribution is 2.26. The largest absolute Gasteiger partial charge is 0.361 e. The summed E-state index contributed by atoms with van der Waals surface area (Å²) in [4.78, 5) is 27.4. The Hall–Kier alpha value is -2.80. The van der Waals surface area contributed by atoms with E-state index in [1.54, 1.807) is 0 Å². The second-order valence-corrected chi connectivity index (χ2v) is 8.29. The third kappa shape index (κ3) is 3.81. The number of aryl methyl sites for hydroxylation is 3. The Morgan fingerprint density at radius 3 is 2.83 bits per heavy atom. The molecule has 3 heterocycles. The number of nitrogens with one attached hydrogen (secondary N) is 1. The van der Waals surface area contributed by atoms with Gasteiger partial charge in [0.2, 0.25) is 5.91 Å². The molecule has 7 nitrogen and oxygen atoms in total. The number of nitrogens with zero attached hydrogens (tertiary/aromatic N) is 3. The van der Waals surface area contributed by atoms with E-state index >= 15 is 0 Å². The van der Waals surface area contributed by atoms with Crippen molar-refractivity contribution in [2.24, 2.45) is 7.05 Å². The van der Waals surface area contributed by atoms with Crippen LogP contribution in [-0.2, 0) is 18.4 Å². The lowest BCUT2D eigenvalue weighted by atomic mass is 10.1. The molecule has 30 heavy (non-hydrogen) atoms. The van der Waals surface area contributed by atoms with Crippen LogP contribution < -0.4 is 5.32 Å². The molecule has 1 N–H and O–H groups in total. The Morgan fingerprint density at radius 2 is 2.13 bits per heavy atom. The number of benzene rings is 1. The summed E-state index contributed by atoms with van der Waals surface area (Å²) in [5, 5.41) is 8.62. The standard InChI is InChI=1S/C22H25ClN4O3/c1-13-17(14(2)30-25-13)12-27-10-9-16(7-8-20(27)28)24-22(29)19-11-15-5-4-6-18(23)21(15)26(19)3/h4-6,11,16H,7-10,12H2,1-3H3,(H,24,29). The van der Waals surface area contributed by atoms with Crippen molar-refractivity contribution in [3.8, 4) is 0 Å². The number of likely N-dealkylation sites (tertiary alicyclic amines) is 1. The van der Waals surface area contributed by atoms with E-state index in [-0.39, 0.29) is 17.9 Å². The Morgan fingerprint density at radius 1 is 1.33 bits per heavy atom. The van der Waals surface area contributed by atoms with Crippen molar-refractivity contribution in [3.63, 3.8) is 0 Å². The van der Waals surface area contributed by atoms with Gasteiger partial charge in [0.1, 0.15) is 11.5 Å². The van der Waals surface area contributed by atoms with Crippen LogP contribution in [0.2, 0.25) is 5.02 Å². The van der Waals surface area contributed by atoms with Crippen molar-refractivity contribution < 1.29 is 14.1 Å². The molecule has 2 aromatic heterocycles. The van der Waals surface area contributed by atoms with Gasteiger partial charge in [0.05, 0.1) is 22.8 Å². The van der Waals surface area contributed by atoms with Crippen LogP contribution >= 0.6 is 11.6 Å². The van der Waals surface area contributed by atoms with Gasteiger partial charge in [0.25, 0.3) is 5.91 Å². The molecule has 0 bridgehead atoms. The number of hydrogen-bond acceptors (Lipinski definition) is 4. The first-order valence-electron chi connectivity index (χ1n) is 10.1. The van der Waals surface area contributed by atoms with Gasteiger partial charge in [-0.1, -0.05) is 28.9 Å². The Bertz CT molecular complexity index is 1100. The molecular weight excluding hydrogens is 404 g/mol. The van der Waals surface area contributed by atoms with Crippen LogP contribution in [0.15, 0.2) is 28.8 Å². The average Bonchev–Trinajstić information content (AvgIpc) is 3.16. The molecule has 1 atom stereocenters. The van der Waals surface area contributed by atoms with Gasteiger partial charge in [-0.3, -0.25) is 9.59 Å². The van der Waals surface area contributed by atoms with E-state index in [4.69, 9.17) is 16.1 Å². The zero-order valence-electron chi connectivity index (χ0n) is 17.4. The van der Waals surface area contributed by atoms with Crippen LogP contribution in [-0.4, -0.2) is 39.0 Å². The molecule has 0 radical (unpaired) electrons. The maximum atomic E-state index is 12.9. The Balaban J connectivity index is 1.45. The fourth-order valence-corrected chi connectivity index (χ4v) is 4.42. The zero-order chi connectivity index (χ0) is 21.4. The van der Waals surface area contributed by atoms with Crippen LogP contribution in [0.25, 0.3) is 10.9 Å². The van der Waals surface area contributed by atoms with Crippen molar-refractivity contribution in [1.82, 2.24) is 19.9 Å². The molecule has 4 rings (SSSR count). The summed E-state index contributed by atoms with van der Waals surface area (Å²) in [6.07, 6.45) is 1.72. The van der Waals surface area contributed by atoms with Gasteiger partial charge in [0.15, 0.2) is 0 Å². The second kappa shape index (κ2) is 8.14. The number of carbonyl (C=O) groups excluding carboxylic acids is 2. The maximum Gasteiger partial charge on any atom is 0.268 e. The molecule has 1 fully saturated rings. The van der Waals surface area contributed by atoms with Crippen LogP contribution in [0.3, 0.4) is 0 Å². The topological polar surface area (TPSA) is 80.4 Å². The van der Waals surface area contributed by atoms with Crippen molar-refractivity contribution in [3.05, 3.63) is 52.0 Å². The van der Waals surface area contributed by atoms with Gasteiger partial charge in [-0.2, -0.15) is 0 Å². The van der Waals surface area contributed by atoms with Gasteiger partial charge in [0, 0.05) is 37.0 Å². The Labute approximate surface area is 179 Å². The summed E-state index contributed by atoms with van der Waals surface area (Å²) in [6.45, 7) is 4.81. The number of hydrogen-bond donors (Lipinski definition) is 1. The molecule has 0 spiro atoms. The van der Waals surface area contributed by atoms with Crippen molar-refractivity contribution in [2.75, 3.05) is 6.54 Å². The van der Waals surface area contributed by atoms with Gasteiger partial charge >= 0.3 is 0 Å². The lowest BCUT2D eigenvalue weighted by molar-refractivity contribution is -0.131. The van der Waals surface area contributed by atoms with E-state index in [9.17, 15) is 9.59 Å². The summed E-state index contributed by atoms with van der Waals surface area (Å²) >= 11 is 6.30. The second-order valence-electron chi connectivity index (χ2n) is 7.88. The number of para-hydroxylation sites is 1. The number of carbonyl (C=O) groups is 2. The smallest absolute Gasteiger partial charge is 0.268 e. The lowest BCUT2D eigenvalue weighted by Gasteiger charge is -2.21. The molecular formula is C22H25ClN4O3. The third-order valence-electron chi connectivity index (χ3n) is 5.91. The summed E-state index contributed by atoms with van der Waals surface area (Å²) < 4.78 is 7.03. The SMILES string of the molecule is Cc1noc(C)c1CN1CCC(NC(=O)c2cc3cccc(Cl)c3n2C)CCC1=O. The van der Waals surface area contributed by atoms with E-state index in [0.29, 0.717) is 43.1 Å². The highest BCUT2D eigenvalue weighted by Gasteiger charge is 2.26. The average molecular weight is 429 g/mol. The number of fused-ring (bicyclic) bond motifs is 1. The van der Waals surface area contributed by atoms with Gasteiger partial charge in [-0.25, -0.2) is 0 Å². The predicted molar refractivity (Wildman–Crippen MR) is 114 cm³/mol. The van der Waals surface area contributed by atoms with Crippen molar-refractivity contribution >= 4 is 34.3 Å². The highest BCUT2D eigenvalue weighted by atomic mass is 35.5. The zero-order valence-corrected chi connectivity index (χ0v) is 18.1. The van der Waals surface area contributed by atoms with Gasteiger partial charge in [-0.05, 0) is 38.8 Å². The monoisotopic (exact) mass is 428 g/mol. The summed E-state index contributed by atoms with van der Waals surface area (Å²) in [6, 6.07) is 7.41. The molecule has 2 amide bonds. The number of rotatable bonds is 4. The predicted octanol–water partition coefficient (Wildman–Crippen LogP) is 3.75. The van der Waals surface area contributed by atoms with E-state index in [2.05, 4.69) is 10.5 Å². The number of aromatic nitrogens is 2. The van der Waals surface area contributed by atoms with Gasteiger partial charge < -0.3 is 19.3 Å². The first-order chi connectivity index (χ1) is 14.3. The first-order valence-corrected chi connectivity index (χ1v) is 10.5. The van der Waals surface area contributed by atoms with Crippen LogP contribution in [0.5, 0.6) is 0 Å². The maximum absolute atomic E-state index is 12.9. The highest BCUT2D eigenvalue weighted by molar-refractivity contribution is 6.35. The molecule has 1 aliphatic rings. The first kappa shape index (κ1) is 20.5. The quantitative estimate of drug-likeness (QED) is 0.686. The minimum Gasteiger partial charge on any atom is -0.361 e. The minimum absolute atomic E-state index is 0.0652. The molecule has 0 aliphatic carbocycles. The summed E-state index contributed by atoms with van der Waals surface area (Å²) in [7, 11) is 1.84. The molecule has 1 unspecified atom stereocenters. The van der Waals surface area contributed by atoms with Gasteiger partial charge in [-0.15, -0.1) is 0 Å². The van der Waals surface area contributed by atoms with E-state index in [0.717, 1.165) is 27.9 Å². The van der Waals surface area contributed by atoms with Crippen LogP contribution in [0.1, 0.15) is 46.8 Å². The van der Waals surface area contributed by atoms with Crippen LogP contribution in [0, 0.1) is 13.8 Å².